The Morgan fingerprint density at radius 1 is 1.13 bits per heavy atom. The molecule has 1 amide bonds. The smallest absolute Gasteiger partial charge is 0.257 e. The minimum absolute atomic E-state index is 0.177. The standard InChI is InChI=1S/C18H18N4O/c1-13-17(20-18(23)16-9-6-10-19-11-16)14(2)22(21-13)12-15-7-4-3-5-8-15/h3-11H,12H2,1-2H3,(H,20,23). The molecule has 116 valence electrons. The van der Waals surface area contributed by atoms with Crippen LogP contribution in [-0.2, 0) is 6.54 Å². The molecule has 0 unspecified atom stereocenters. The zero-order valence-electron chi connectivity index (χ0n) is 13.2. The average molecular weight is 306 g/mol. The number of aryl methyl sites for hydroxylation is 1. The third-order valence-electron chi connectivity index (χ3n) is 3.72. The summed E-state index contributed by atoms with van der Waals surface area (Å²) in [5, 5.41) is 7.48. The van der Waals surface area contributed by atoms with E-state index in [2.05, 4.69) is 27.5 Å². The molecule has 0 fully saturated rings. The van der Waals surface area contributed by atoms with E-state index < -0.39 is 0 Å². The van der Waals surface area contributed by atoms with E-state index in [1.54, 1.807) is 24.5 Å². The molecule has 5 nitrogen and oxygen atoms in total. The number of aromatic nitrogens is 3. The topological polar surface area (TPSA) is 59.8 Å². The summed E-state index contributed by atoms with van der Waals surface area (Å²) in [5.41, 5.74) is 4.19. The second kappa shape index (κ2) is 6.44. The van der Waals surface area contributed by atoms with Gasteiger partial charge >= 0.3 is 0 Å². The fourth-order valence-electron chi connectivity index (χ4n) is 2.47. The molecule has 0 bridgehead atoms. The van der Waals surface area contributed by atoms with Crippen molar-refractivity contribution in [3.63, 3.8) is 0 Å². The van der Waals surface area contributed by atoms with Crippen LogP contribution in [0.2, 0.25) is 0 Å². The number of carbonyl (C=O) groups is 1. The van der Waals surface area contributed by atoms with E-state index in [0.29, 0.717) is 12.1 Å². The fraction of sp³-hybridized carbons (Fsp3) is 0.167. The monoisotopic (exact) mass is 306 g/mol. The Labute approximate surface area is 135 Å². The Kier molecular flexibility index (Phi) is 4.19. The van der Waals surface area contributed by atoms with Gasteiger partial charge in [-0.05, 0) is 31.5 Å². The molecule has 0 aliphatic carbocycles. The molecule has 0 aliphatic heterocycles. The highest BCUT2D eigenvalue weighted by molar-refractivity contribution is 6.04. The lowest BCUT2D eigenvalue weighted by molar-refractivity contribution is 0.102. The quantitative estimate of drug-likeness (QED) is 0.805. The summed E-state index contributed by atoms with van der Waals surface area (Å²) in [7, 11) is 0. The van der Waals surface area contributed by atoms with Crippen LogP contribution in [0.15, 0.2) is 54.9 Å². The molecule has 0 aliphatic rings. The van der Waals surface area contributed by atoms with Crippen LogP contribution in [0.4, 0.5) is 5.69 Å². The normalized spacial score (nSPS) is 10.5. The van der Waals surface area contributed by atoms with Gasteiger partial charge in [-0.25, -0.2) is 0 Å². The lowest BCUT2D eigenvalue weighted by atomic mass is 10.2. The first-order chi connectivity index (χ1) is 11.1. The largest absolute Gasteiger partial charge is 0.319 e. The predicted octanol–water partition coefficient (Wildman–Crippen LogP) is 3.20. The van der Waals surface area contributed by atoms with Crippen molar-refractivity contribution in [3.05, 3.63) is 77.4 Å². The van der Waals surface area contributed by atoms with Crippen LogP contribution < -0.4 is 5.32 Å². The molecule has 5 heteroatoms. The molecule has 2 heterocycles. The summed E-state index contributed by atoms with van der Waals surface area (Å²) in [6, 6.07) is 13.6. The van der Waals surface area contributed by atoms with E-state index in [-0.39, 0.29) is 5.91 Å². The zero-order chi connectivity index (χ0) is 16.2. The van der Waals surface area contributed by atoms with E-state index in [1.165, 1.54) is 5.56 Å². The second-order valence-electron chi connectivity index (χ2n) is 5.38. The minimum Gasteiger partial charge on any atom is -0.319 e. The van der Waals surface area contributed by atoms with Gasteiger partial charge in [0.15, 0.2) is 0 Å². The molecular weight excluding hydrogens is 288 g/mol. The first-order valence-corrected chi connectivity index (χ1v) is 7.44. The van der Waals surface area contributed by atoms with Gasteiger partial charge in [-0.2, -0.15) is 5.10 Å². The van der Waals surface area contributed by atoms with Gasteiger partial charge in [0.1, 0.15) is 0 Å². The number of hydrogen-bond donors (Lipinski definition) is 1. The van der Waals surface area contributed by atoms with Crippen molar-refractivity contribution < 1.29 is 4.79 Å². The van der Waals surface area contributed by atoms with Crippen molar-refractivity contribution in [1.29, 1.82) is 0 Å². The SMILES string of the molecule is Cc1nn(Cc2ccccc2)c(C)c1NC(=O)c1cccnc1. The number of hydrogen-bond acceptors (Lipinski definition) is 3. The Morgan fingerprint density at radius 2 is 1.91 bits per heavy atom. The maximum absolute atomic E-state index is 12.3. The van der Waals surface area contributed by atoms with Crippen LogP contribution in [0.3, 0.4) is 0 Å². The summed E-state index contributed by atoms with van der Waals surface area (Å²) in [4.78, 5) is 16.3. The fourth-order valence-corrected chi connectivity index (χ4v) is 2.47. The highest BCUT2D eigenvalue weighted by atomic mass is 16.1. The number of nitrogens with zero attached hydrogens (tertiary/aromatic N) is 3. The van der Waals surface area contributed by atoms with Gasteiger partial charge in [-0.15, -0.1) is 0 Å². The summed E-state index contributed by atoms with van der Waals surface area (Å²) >= 11 is 0. The van der Waals surface area contributed by atoms with E-state index in [9.17, 15) is 4.79 Å². The lowest BCUT2D eigenvalue weighted by Crippen LogP contribution is -2.13. The van der Waals surface area contributed by atoms with Gasteiger partial charge in [-0.1, -0.05) is 30.3 Å². The first-order valence-electron chi connectivity index (χ1n) is 7.44. The highest BCUT2D eigenvalue weighted by Gasteiger charge is 2.15. The van der Waals surface area contributed by atoms with E-state index in [0.717, 1.165) is 17.1 Å². The minimum atomic E-state index is -0.177. The third-order valence-corrected chi connectivity index (χ3v) is 3.72. The Hall–Kier alpha value is -2.95. The van der Waals surface area contributed by atoms with E-state index in [1.807, 2.05) is 36.7 Å². The van der Waals surface area contributed by atoms with Crippen molar-refractivity contribution >= 4 is 11.6 Å². The number of benzene rings is 1. The molecule has 23 heavy (non-hydrogen) atoms. The number of anilines is 1. The zero-order valence-corrected chi connectivity index (χ0v) is 13.2. The first kappa shape index (κ1) is 15.0. The van der Waals surface area contributed by atoms with Crippen LogP contribution in [-0.4, -0.2) is 20.7 Å². The van der Waals surface area contributed by atoms with Crippen molar-refractivity contribution in [3.8, 4) is 0 Å². The molecule has 1 N–H and O–H groups in total. The summed E-state index contributed by atoms with van der Waals surface area (Å²) < 4.78 is 1.91. The van der Waals surface area contributed by atoms with Crippen molar-refractivity contribution in [1.82, 2.24) is 14.8 Å². The molecule has 3 aromatic rings. The average Bonchev–Trinajstić information content (AvgIpc) is 2.84. The molecule has 0 saturated heterocycles. The highest BCUT2D eigenvalue weighted by Crippen LogP contribution is 2.21. The Bertz CT molecular complexity index is 810. The van der Waals surface area contributed by atoms with Gasteiger partial charge in [0.2, 0.25) is 0 Å². The van der Waals surface area contributed by atoms with Crippen molar-refractivity contribution in [2.45, 2.75) is 20.4 Å². The van der Waals surface area contributed by atoms with Crippen LogP contribution in [0.5, 0.6) is 0 Å². The number of amides is 1. The summed E-state index contributed by atoms with van der Waals surface area (Å²) in [6.07, 6.45) is 3.19. The Balaban J connectivity index is 1.82. The predicted molar refractivity (Wildman–Crippen MR) is 89.4 cm³/mol. The number of pyridine rings is 1. The molecule has 0 spiro atoms. The second-order valence-corrected chi connectivity index (χ2v) is 5.38. The third kappa shape index (κ3) is 3.29. The van der Waals surface area contributed by atoms with Gasteiger partial charge in [-0.3, -0.25) is 14.5 Å². The number of rotatable bonds is 4. The maximum Gasteiger partial charge on any atom is 0.257 e. The number of carbonyl (C=O) groups excluding carboxylic acids is 1. The van der Waals surface area contributed by atoms with Gasteiger partial charge in [0, 0.05) is 12.4 Å². The van der Waals surface area contributed by atoms with Crippen LogP contribution in [0.25, 0.3) is 0 Å². The molecule has 1 aromatic carbocycles. The van der Waals surface area contributed by atoms with E-state index >= 15 is 0 Å². The molecule has 2 aromatic heterocycles. The molecule has 3 rings (SSSR count). The van der Waals surface area contributed by atoms with Crippen LogP contribution in [0, 0.1) is 13.8 Å². The van der Waals surface area contributed by atoms with Crippen LogP contribution in [0.1, 0.15) is 27.3 Å². The van der Waals surface area contributed by atoms with Crippen molar-refractivity contribution in [2.24, 2.45) is 0 Å². The number of nitrogens with one attached hydrogen (secondary N) is 1. The Morgan fingerprint density at radius 3 is 2.61 bits per heavy atom. The van der Waals surface area contributed by atoms with Crippen molar-refractivity contribution in [2.75, 3.05) is 5.32 Å². The van der Waals surface area contributed by atoms with E-state index in [4.69, 9.17) is 0 Å². The molecule has 0 saturated carbocycles. The summed E-state index contributed by atoms with van der Waals surface area (Å²) in [5.74, 6) is -0.177. The van der Waals surface area contributed by atoms with Crippen LogP contribution >= 0.6 is 0 Å². The molecule has 0 radical (unpaired) electrons. The summed E-state index contributed by atoms with van der Waals surface area (Å²) in [6.45, 7) is 4.53. The van der Waals surface area contributed by atoms with Gasteiger partial charge < -0.3 is 5.32 Å². The van der Waals surface area contributed by atoms with Gasteiger partial charge in [0.25, 0.3) is 5.91 Å². The molecule has 0 atom stereocenters. The lowest BCUT2D eigenvalue weighted by Gasteiger charge is -2.07. The maximum atomic E-state index is 12.3. The molecular formula is C18H18N4O. The van der Waals surface area contributed by atoms with Gasteiger partial charge in [0.05, 0.1) is 29.2 Å².